The van der Waals surface area contributed by atoms with Gasteiger partial charge in [-0.1, -0.05) is 0 Å². The highest BCUT2D eigenvalue weighted by Crippen LogP contribution is 2.14. The minimum atomic E-state index is -1.04. The molecule has 0 aromatic carbocycles. The van der Waals surface area contributed by atoms with Crippen LogP contribution in [0, 0.1) is 13.8 Å². The lowest BCUT2D eigenvalue weighted by molar-refractivity contribution is -0.138. The number of nitrogens with zero attached hydrogens (tertiary/aromatic N) is 1. The number of carbonyl (C=O) groups excluding carboxylic acids is 1. The number of nitrogens with one attached hydrogen (secondary N) is 1. The van der Waals surface area contributed by atoms with Crippen LogP contribution >= 0.6 is 0 Å². The maximum absolute atomic E-state index is 11.9. The molecule has 0 saturated heterocycles. The van der Waals surface area contributed by atoms with Crippen LogP contribution in [0.15, 0.2) is 6.07 Å². The quantitative estimate of drug-likeness (QED) is 0.831. The van der Waals surface area contributed by atoms with Gasteiger partial charge in [-0.05, 0) is 33.8 Å². The van der Waals surface area contributed by atoms with E-state index in [1.165, 1.54) is 6.92 Å². The van der Waals surface area contributed by atoms with E-state index in [0.29, 0.717) is 5.56 Å². The molecule has 0 unspecified atom stereocenters. The second-order valence-corrected chi connectivity index (χ2v) is 4.06. The molecule has 0 aliphatic carbocycles. The SMILES string of the molecule is CCn1c(C)cc(C(=O)N[C@@H](C)C(=O)O)c1C. The molecule has 1 aromatic heterocycles. The molecular formula is C12H18N2O3. The minimum Gasteiger partial charge on any atom is -0.480 e. The van der Waals surface area contributed by atoms with Crippen LogP contribution in [0.25, 0.3) is 0 Å². The van der Waals surface area contributed by atoms with Gasteiger partial charge in [-0.2, -0.15) is 0 Å². The van der Waals surface area contributed by atoms with Crippen molar-refractivity contribution in [3.8, 4) is 0 Å². The molecule has 17 heavy (non-hydrogen) atoms. The van der Waals surface area contributed by atoms with Gasteiger partial charge >= 0.3 is 5.97 Å². The molecule has 0 fully saturated rings. The highest BCUT2D eigenvalue weighted by Gasteiger charge is 2.19. The maximum atomic E-state index is 11.9. The molecule has 0 saturated carbocycles. The fourth-order valence-corrected chi connectivity index (χ4v) is 1.85. The summed E-state index contributed by atoms with van der Waals surface area (Å²) in [6.45, 7) is 8.02. The number of carboxylic acids is 1. The molecule has 1 atom stereocenters. The van der Waals surface area contributed by atoms with Crippen molar-refractivity contribution in [2.45, 2.75) is 40.3 Å². The molecule has 1 amide bonds. The Labute approximate surface area is 100 Å². The summed E-state index contributed by atoms with van der Waals surface area (Å²) in [4.78, 5) is 22.5. The predicted octanol–water partition coefficient (Wildman–Crippen LogP) is 1.33. The Morgan fingerprint density at radius 3 is 2.47 bits per heavy atom. The first-order valence-electron chi connectivity index (χ1n) is 5.58. The van der Waals surface area contributed by atoms with Gasteiger partial charge in [-0.3, -0.25) is 9.59 Å². The number of rotatable bonds is 4. The van der Waals surface area contributed by atoms with Crippen LogP contribution in [0.3, 0.4) is 0 Å². The van der Waals surface area contributed by atoms with Crippen molar-refractivity contribution in [3.63, 3.8) is 0 Å². The number of hydrogen-bond donors (Lipinski definition) is 2. The normalized spacial score (nSPS) is 12.2. The van der Waals surface area contributed by atoms with Gasteiger partial charge < -0.3 is 15.0 Å². The Morgan fingerprint density at radius 2 is 2.06 bits per heavy atom. The summed E-state index contributed by atoms with van der Waals surface area (Å²) in [7, 11) is 0. The zero-order valence-electron chi connectivity index (χ0n) is 10.6. The van der Waals surface area contributed by atoms with Crippen molar-refractivity contribution in [3.05, 3.63) is 23.0 Å². The summed E-state index contributed by atoms with van der Waals surface area (Å²) >= 11 is 0. The van der Waals surface area contributed by atoms with Gasteiger partial charge in [-0.25, -0.2) is 0 Å². The van der Waals surface area contributed by atoms with E-state index < -0.39 is 12.0 Å². The van der Waals surface area contributed by atoms with Crippen molar-refractivity contribution in [2.75, 3.05) is 0 Å². The van der Waals surface area contributed by atoms with E-state index in [1.54, 1.807) is 6.07 Å². The third-order valence-electron chi connectivity index (χ3n) is 2.85. The standard InChI is InChI=1S/C12H18N2O3/c1-5-14-7(2)6-10(9(14)4)11(15)13-8(3)12(16)17/h6,8H,5H2,1-4H3,(H,13,15)(H,16,17)/t8-/m0/s1. The molecule has 0 aliphatic heterocycles. The van der Waals surface area contributed by atoms with Gasteiger partial charge in [-0.15, -0.1) is 0 Å². The molecular weight excluding hydrogens is 220 g/mol. The molecule has 0 spiro atoms. The number of aromatic nitrogens is 1. The number of amides is 1. The smallest absolute Gasteiger partial charge is 0.325 e. The third kappa shape index (κ3) is 2.67. The van der Waals surface area contributed by atoms with E-state index in [0.717, 1.165) is 17.9 Å². The third-order valence-corrected chi connectivity index (χ3v) is 2.85. The van der Waals surface area contributed by atoms with Crippen LogP contribution in [0.5, 0.6) is 0 Å². The number of carboxylic acid groups (broad SMARTS) is 1. The van der Waals surface area contributed by atoms with Crippen LogP contribution in [-0.2, 0) is 11.3 Å². The molecule has 0 bridgehead atoms. The zero-order chi connectivity index (χ0) is 13.2. The summed E-state index contributed by atoms with van der Waals surface area (Å²) in [5.74, 6) is -1.38. The molecule has 1 aromatic rings. The average Bonchev–Trinajstić information content (AvgIpc) is 2.53. The molecule has 1 rings (SSSR count). The Kier molecular flexibility index (Phi) is 3.93. The number of aryl methyl sites for hydroxylation is 1. The Balaban J connectivity index is 2.94. The Bertz CT molecular complexity index is 449. The van der Waals surface area contributed by atoms with Crippen LogP contribution in [-0.4, -0.2) is 27.6 Å². The summed E-state index contributed by atoms with van der Waals surface area (Å²) in [5, 5.41) is 11.2. The number of hydrogen-bond acceptors (Lipinski definition) is 2. The highest BCUT2D eigenvalue weighted by molar-refractivity contribution is 5.97. The molecule has 2 N–H and O–H groups in total. The van der Waals surface area contributed by atoms with Gasteiger partial charge in [0.2, 0.25) is 0 Å². The van der Waals surface area contributed by atoms with E-state index in [2.05, 4.69) is 5.32 Å². The van der Waals surface area contributed by atoms with Crippen LogP contribution in [0.2, 0.25) is 0 Å². The van der Waals surface area contributed by atoms with Gasteiger partial charge in [0.1, 0.15) is 6.04 Å². The molecule has 0 aliphatic rings. The topological polar surface area (TPSA) is 71.3 Å². The van der Waals surface area contributed by atoms with E-state index in [1.807, 2.05) is 25.3 Å². The molecule has 5 nitrogen and oxygen atoms in total. The molecule has 94 valence electrons. The molecule has 5 heteroatoms. The number of aliphatic carboxylic acids is 1. The molecule has 1 heterocycles. The summed E-state index contributed by atoms with van der Waals surface area (Å²) in [6, 6.07) is 0.898. The summed E-state index contributed by atoms with van der Waals surface area (Å²) in [5.41, 5.74) is 2.40. The lowest BCUT2D eigenvalue weighted by Crippen LogP contribution is -2.38. The van der Waals surface area contributed by atoms with Gasteiger partial charge in [0, 0.05) is 17.9 Å². The average molecular weight is 238 g/mol. The van der Waals surface area contributed by atoms with E-state index in [9.17, 15) is 9.59 Å². The Morgan fingerprint density at radius 1 is 1.47 bits per heavy atom. The second kappa shape index (κ2) is 5.03. The first-order chi connectivity index (χ1) is 7.88. The largest absolute Gasteiger partial charge is 0.480 e. The van der Waals surface area contributed by atoms with Crippen molar-refractivity contribution in [1.29, 1.82) is 0 Å². The lowest BCUT2D eigenvalue weighted by Gasteiger charge is -2.09. The van der Waals surface area contributed by atoms with Crippen LogP contribution in [0.4, 0.5) is 0 Å². The van der Waals surface area contributed by atoms with E-state index in [4.69, 9.17) is 5.11 Å². The van der Waals surface area contributed by atoms with E-state index >= 15 is 0 Å². The van der Waals surface area contributed by atoms with Crippen molar-refractivity contribution >= 4 is 11.9 Å². The first kappa shape index (κ1) is 13.3. The fourth-order valence-electron chi connectivity index (χ4n) is 1.85. The Hall–Kier alpha value is -1.78. The molecule has 0 radical (unpaired) electrons. The lowest BCUT2D eigenvalue weighted by atomic mass is 10.2. The second-order valence-electron chi connectivity index (χ2n) is 4.06. The van der Waals surface area contributed by atoms with E-state index in [-0.39, 0.29) is 5.91 Å². The first-order valence-corrected chi connectivity index (χ1v) is 5.58. The minimum absolute atomic E-state index is 0.340. The highest BCUT2D eigenvalue weighted by atomic mass is 16.4. The van der Waals surface area contributed by atoms with Crippen LogP contribution < -0.4 is 5.32 Å². The van der Waals surface area contributed by atoms with Gasteiger partial charge in [0.05, 0.1) is 5.56 Å². The van der Waals surface area contributed by atoms with Crippen molar-refractivity contribution in [2.24, 2.45) is 0 Å². The monoisotopic (exact) mass is 238 g/mol. The van der Waals surface area contributed by atoms with Gasteiger partial charge in [0.25, 0.3) is 5.91 Å². The fraction of sp³-hybridized carbons (Fsp3) is 0.500. The van der Waals surface area contributed by atoms with Crippen molar-refractivity contribution in [1.82, 2.24) is 9.88 Å². The zero-order valence-corrected chi connectivity index (χ0v) is 10.6. The predicted molar refractivity (Wildman–Crippen MR) is 64.1 cm³/mol. The maximum Gasteiger partial charge on any atom is 0.325 e. The summed E-state index contributed by atoms with van der Waals surface area (Å²) in [6.07, 6.45) is 0. The van der Waals surface area contributed by atoms with Crippen molar-refractivity contribution < 1.29 is 14.7 Å². The van der Waals surface area contributed by atoms with Gasteiger partial charge in [0.15, 0.2) is 0 Å². The summed E-state index contributed by atoms with van der Waals surface area (Å²) < 4.78 is 2.01. The number of carbonyl (C=O) groups is 2. The van der Waals surface area contributed by atoms with Crippen LogP contribution in [0.1, 0.15) is 35.6 Å².